The van der Waals surface area contributed by atoms with E-state index in [-0.39, 0.29) is 13.0 Å². The highest BCUT2D eigenvalue weighted by atomic mass is 32.2. The lowest BCUT2D eigenvalue weighted by Gasteiger charge is -2.25. The molecule has 1 aromatic heterocycles. The molecule has 1 atom stereocenters. The Morgan fingerprint density at radius 1 is 0.975 bits per heavy atom. The van der Waals surface area contributed by atoms with Crippen LogP contribution in [0.3, 0.4) is 0 Å². The van der Waals surface area contributed by atoms with E-state index in [0.29, 0.717) is 23.4 Å². The van der Waals surface area contributed by atoms with Crippen LogP contribution in [-0.2, 0) is 32.6 Å². The van der Waals surface area contributed by atoms with Crippen LogP contribution in [0.2, 0.25) is 0 Å². The van der Waals surface area contributed by atoms with E-state index >= 15 is 0 Å². The van der Waals surface area contributed by atoms with Gasteiger partial charge in [-0.1, -0.05) is 60.7 Å². The lowest BCUT2D eigenvalue weighted by atomic mass is 9.98. The van der Waals surface area contributed by atoms with Gasteiger partial charge in [-0.3, -0.25) is 14.3 Å². The Balaban J connectivity index is 1.58. The molecular formula is C30H29FN4O4S. The maximum absolute atomic E-state index is 13.7. The molecule has 4 aromatic rings. The minimum atomic E-state index is -4.21. The number of nitrogens with zero attached hydrogens (tertiary/aromatic N) is 3. The number of sulfonamides is 1. The van der Waals surface area contributed by atoms with E-state index in [1.165, 1.54) is 35.2 Å². The van der Waals surface area contributed by atoms with Crippen molar-refractivity contribution in [3.05, 3.63) is 125 Å². The SMILES string of the molecule is CCN(C(=O)C(Cc1cnn(Cc2ccccc2)c1)C(=O)NS(=O)(=O)/C=C/c1ccccc1)c1ccc(F)cc1. The molecule has 0 aliphatic rings. The highest BCUT2D eigenvalue weighted by Gasteiger charge is 2.33. The largest absolute Gasteiger partial charge is 0.312 e. The Morgan fingerprint density at radius 3 is 2.27 bits per heavy atom. The van der Waals surface area contributed by atoms with Crippen LogP contribution in [-0.4, -0.2) is 36.6 Å². The Kier molecular flexibility index (Phi) is 9.23. The molecule has 1 N–H and O–H groups in total. The topological polar surface area (TPSA) is 101 Å². The second kappa shape index (κ2) is 13.0. The van der Waals surface area contributed by atoms with Crippen molar-refractivity contribution >= 4 is 33.6 Å². The summed E-state index contributed by atoms with van der Waals surface area (Å²) in [7, 11) is -4.21. The molecule has 8 nitrogen and oxygen atoms in total. The molecule has 10 heteroatoms. The van der Waals surface area contributed by atoms with Crippen molar-refractivity contribution in [1.29, 1.82) is 0 Å². The van der Waals surface area contributed by atoms with E-state index in [9.17, 15) is 22.4 Å². The maximum atomic E-state index is 13.7. The second-order valence-corrected chi connectivity index (χ2v) is 10.6. The number of amides is 2. The van der Waals surface area contributed by atoms with Crippen molar-refractivity contribution in [3.63, 3.8) is 0 Å². The van der Waals surface area contributed by atoms with E-state index in [1.54, 1.807) is 54.3 Å². The van der Waals surface area contributed by atoms with Gasteiger partial charge in [0.25, 0.3) is 10.0 Å². The lowest BCUT2D eigenvalue weighted by molar-refractivity contribution is -0.132. The molecule has 0 saturated heterocycles. The van der Waals surface area contributed by atoms with Gasteiger partial charge >= 0.3 is 0 Å². The van der Waals surface area contributed by atoms with Crippen LogP contribution >= 0.6 is 0 Å². The molecule has 0 spiro atoms. The monoisotopic (exact) mass is 560 g/mol. The van der Waals surface area contributed by atoms with Crippen LogP contribution in [0.1, 0.15) is 23.6 Å². The van der Waals surface area contributed by atoms with Crippen LogP contribution in [0, 0.1) is 11.7 Å². The van der Waals surface area contributed by atoms with Gasteiger partial charge in [-0.25, -0.2) is 17.5 Å². The van der Waals surface area contributed by atoms with Crippen LogP contribution in [0.5, 0.6) is 0 Å². The number of carbonyl (C=O) groups is 2. The molecule has 1 heterocycles. The molecule has 0 saturated carbocycles. The van der Waals surface area contributed by atoms with Crippen molar-refractivity contribution in [2.45, 2.75) is 19.9 Å². The van der Waals surface area contributed by atoms with Crippen LogP contribution in [0.25, 0.3) is 6.08 Å². The van der Waals surface area contributed by atoms with Gasteiger partial charge in [0.15, 0.2) is 0 Å². The average molecular weight is 561 g/mol. The number of anilines is 1. The van der Waals surface area contributed by atoms with Gasteiger partial charge in [0, 0.05) is 18.4 Å². The summed E-state index contributed by atoms with van der Waals surface area (Å²) in [5.74, 6) is -3.45. The third-order valence-corrected chi connectivity index (χ3v) is 7.11. The minimum Gasteiger partial charge on any atom is -0.312 e. The maximum Gasteiger partial charge on any atom is 0.257 e. The van der Waals surface area contributed by atoms with Gasteiger partial charge in [0.1, 0.15) is 11.7 Å². The molecule has 0 aliphatic heterocycles. The first kappa shape index (κ1) is 28.4. The Labute approximate surface area is 232 Å². The third-order valence-electron chi connectivity index (χ3n) is 6.13. The fourth-order valence-electron chi connectivity index (χ4n) is 4.15. The lowest BCUT2D eigenvalue weighted by Crippen LogP contribution is -2.46. The van der Waals surface area contributed by atoms with E-state index in [0.717, 1.165) is 11.0 Å². The van der Waals surface area contributed by atoms with Crippen molar-refractivity contribution in [2.24, 2.45) is 5.92 Å². The minimum absolute atomic E-state index is 0.0882. The van der Waals surface area contributed by atoms with Crippen LogP contribution in [0.4, 0.5) is 10.1 Å². The Bertz CT molecular complexity index is 1570. The smallest absolute Gasteiger partial charge is 0.257 e. The molecular weight excluding hydrogens is 531 g/mol. The number of halogens is 1. The summed E-state index contributed by atoms with van der Waals surface area (Å²) in [6.07, 6.45) is 4.54. The van der Waals surface area contributed by atoms with E-state index in [1.807, 2.05) is 35.1 Å². The molecule has 206 valence electrons. The predicted octanol–water partition coefficient (Wildman–Crippen LogP) is 4.40. The predicted molar refractivity (Wildman–Crippen MR) is 152 cm³/mol. The zero-order valence-electron chi connectivity index (χ0n) is 21.9. The second-order valence-electron chi connectivity index (χ2n) is 9.07. The number of rotatable bonds is 11. The number of nitrogens with one attached hydrogen (secondary N) is 1. The summed E-state index contributed by atoms with van der Waals surface area (Å²) >= 11 is 0. The van der Waals surface area contributed by atoms with Crippen LogP contribution in [0.15, 0.2) is 103 Å². The Hall–Kier alpha value is -4.57. The molecule has 3 aromatic carbocycles. The molecule has 1 unspecified atom stereocenters. The van der Waals surface area contributed by atoms with Crippen molar-refractivity contribution in [2.75, 3.05) is 11.4 Å². The molecule has 0 radical (unpaired) electrons. The summed E-state index contributed by atoms with van der Waals surface area (Å²) in [5, 5.41) is 5.23. The fourth-order valence-corrected chi connectivity index (χ4v) is 4.98. The summed E-state index contributed by atoms with van der Waals surface area (Å²) < 4.78 is 42.7. The quantitative estimate of drug-likeness (QED) is 0.274. The highest BCUT2D eigenvalue weighted by Crippen LogP contribution is 2.21. The van der Waals surface area contributed by atoms with Crippen molar-refractivity contribution in [1.82, 2.24) is 14.5 Å². The highest BCUT2D eigenvalue weighted by molar-refractivity contribution is 7.93. The van der Waals surface area contributed by atoms with E-state index in [4.69, 9.17) is 0 Å². The first-order valence-electron chi connectivity index (χ1n) is 12.7. The fraction of sp³-hybridized carbons (Fsp3) is 0.167. The van der Waals surface area contributed by atoms with Gasteiger partial charge in [0.05, 0.1) is 18.1 Å². The van der Waals surface area contributed by atoms with Gasteiger partial charge in [-0.2, -0.15) is 5.10 Å². The van der Waals surface area contributed by atoms with Crippen molar-refractivity contribution < 1.29 is 22.4 Å². The number of aromatic nitrogens is 2. The first-order valence-corrected chi connectivity index (χ1v) is 14.2. The molecule has 2 amide bonds. The van der Waals surface area contributed by atoms with Crippen LogP contribution < -0.4 is 9.62 Å². The summed E-state index contributed by atoms with van der Waals surface area (Å²) in [6, 6.07) is 23.7. The zero-order valence-corrected chi connectivity index (χ0v) is 22.7. The normalized spacial score (nSPS) is 12.2. The molecule has 0 bridgehead atoms. The van der Waals surface area contributed by atoms with E-state index in [2.05, 4.69) is 5.10 Å². The summed E-state index contributed by atoms with van der Waals surface area (Å²) in [4.78, 5) is 28.4. The van der Waals surface area contributed by atoms with Gasteiger partial charge in [-0.05, 0) is 60.4 Å². The average Bonchev–Trinajstić information content (AvgIpc) is 3.39. The Morgan fingerprint density at radius 2 is 1.62 bits per heavy atom. The van der Waals surface area contributed by atoms with E-state index < -0.39 is 33.6 Å². The summed E-state index contributed by atoms with van der Waals surface area (Å²) in [6.45, 7) is 2.39. The number of hydrogen-bond acceptors (Lipinski definition) is 5. The number of hydrogen-bond donors (Lipinski definition) is 1. The molecule has 40 heavy (non-hydrogen) atoms. The van der Waals surface area contributed by atoms with Crippen molar-refractivity contribution in [3.8, 4) is 0 Å². The first-order chi connectivity index (χ1) is 19.2. The van der Waals surface area contributed by atoms with Gasteiger partial charge < -0.3 is 4.90 Å². The number of carbonyl (C=O) groups excluding carboxylic acids is 2. The standard InChI is InChI=1S/C30H29FN4O4S/c1-2-35(27-15-13-26(31)14-16-27)30(37)28(19-25-20-32-34(22-25)21-24-11-7-4-8-12-24)29(36)33-40(38,39)18-17-23-9-5-3-6-10-23/h3-18,20,22,28H,2,19,21H2,1H3,(H,33,36)/b18-17+. The van der Waals surface area contributed by atoms with Gasteiger partial charge in [-0.15, -0.1) is 0 Å². The van der Waals surface area contributed by atoms with Gasteiger partial charge in [0.2, 0.25) is 11.8 Å². The summed E-state index contributed by atoms with van der Waals surface area (Å²) in [5.41, 5.74) is 2.62. The zero-order chi connectivity index (χ0) is 28.5. The molecule has 0 fully saturated rings. The number of benzene rings is 3. The third kappa shape index (κ3) is 7.73. The molecule has 4 rings (SSSR count). The molecule has 0 aliphatic carbocycles.